The number of carbonyl (C=O) groups is 2. The minimum absolute atomic E-state index is 0.161. The zero-order valence-corrected chi connectivity index (χ0v) is 14.9. The number of aromatic nitrogens is 2. The third kappa shape index (κ3) is 4.32. The quantitative estimate of drug-likeness (QED) is 0.642. The van der Waals surface area contributed by atoms with Crippen molar-refractivity contribution in [2.45, 2.75) is 38.1 Å². The van der Waals surface area contributed by atoms with Crippen LogP contribution in [0.4, 0.5) is 5.69 Å². The van der Waals surface area contributed by atoms with Gasteiger partial charge in [0.1, 0.15) is 0 Å². The molecule has 2 aromatic rings. The minimum atomic E-state index is -0.501. The Hall–Kier alpha value is -2.41. The van der Waals surface area contributed by atoms with Gasteiger partial charge in [0.2, 0.25) is 11.8 Å². The van der Waals surface area contributed by atoms with E-state index in [4.69, 9.17) is 5.73 Å². The highest BCUT2D eigenvalue weighted by Crippen LogP contribution is 2.23. The number of hydrogen-bond donors (Lipinski definition) is 2. The molecule has 126 valence electrons. The molecule has 6 nitrogen and oxygen atoms in total. The number of anilines is 1. The molecule has 0 saturated carbocycles. The van der Waals surface area contributed by atoms with Gasteiger partial charge in [0, 0.05) is 22.6 Å². The first-order valence-corrected chi connectivity index (χ1v) is 8.35. The maximum atomic E-state index is 12.3. The highest BCUT2D eigenvalue weighted by Gasteiger charge is 2.17. The fraction of sp³-hybridized carbons (Fsp3) is 0.294. The molecule has 1 aromatic carbocycles. The number of amides is 2. The van der Waals surface area contributed by atoms with Crippen LogP contribution in [0.25, 0.3) is 0 Å². The van der Waals surface area contributed by atoms with Gasteiger partial charge in [-0.05, 0) is 57.5 Å². The first-order chi connectivity index (χ1) is 11.3. The average Bonchev–Trinajstić information content (AvgIpc) is 2.52. The number of hydrogen-bond acceptors (Lipinski definition) is 5. The van der Waals surface area contributed by atoms with Crippen molar-refractivity contribution in [2.75, 3.05) is 5.32 Å². The fourth-order valence-corrected chi connectivity index (χ4v) is 2.83. The smallest absolute Gasteiger partial charge is 0.248 e. The van der Waals surface area contributed by atoms with Crippen LogP contribution < -0.4 is 11.1 Å². The van der Waals surface area contributed by atoms with Gasteiger partial charge in [-0.15, -0.1) is 0 Å². The maximum absolute atomic E-state index is 12.3. The van der Waals surface area contributed by atoms with Crippen LogP contribution in [-0.2, 0) is 4.79 Å². The number of aryl methyl sites for hydroxylation is 2. The Bertz CT molecular complexity index is 752. The van der Waals surface area contributed by atoms with Crippen LogP contribution in [0.2, 0.25) is 0 Å². The van der Waals surface area contributed by atoms with Gasteiger partial charge in [-0.1, -0.05) is 11.8 Å². The van der Waals surface area contributed by atoms with E-state index in [2.05, 4.69) is 15.3 Å². The normalized spacial score (nSPS) is 11.8. The number of nitrogens with zero attached hydrogens (tertiary/aromatic N) is 2. The zero-order valence-electron chi connectivity index (χ0n) is 14.1. The molecule has 0 radical (unpaired) electrons. The number of benzene rings is 1. The molecule has 0 fully saturated rings. The molecule has 1 aromatic heterocycles. The zero-order chi connectivity index (χ0) is 17.9. The van der Waals surface area contributed by atoms with E-state index in [9.17, 15) is 9.59 Å². The fourth-order valence-electron chi connectivity index (χ4n) is 1.97. The number of thioether (sulfide) groups is 1. The molecule has 0 spiro atoms. The Morgan fingerprint density at radius 2 is 1.62 bits per heavy atom. The molecular formula is C17H20N4O2S. The summed E-state index contributed by atoms with van der Waals surface area (Å²) in [5.74, 6) is -0.662. The van der Waals surface area contributed by atoms with E-state index in [1.807, 2.05) is 20.8 Å². The van der Waals surface area contributed by atoms with Crippen LogP contribution in [0.1, 0.15) is 34.2 Å². The summed E-state index contributed by atoms with van der Waals surface area (Å²) in [4.78, 5) is 32.2. The molecule has 2 rings (SSSR count). The van der Waals surface area contributed by atoms with Crippen molar-refractivity contribution in [1.29, 1.82) is 0 Å². The lowest BCUT2D eigenvalue weighted by molar-refractivity contribution is -0.115. The summed E-state index contributed by atoms with van der Waals surface area (Å²) in [5.41, 5.74) is 9.09. The lowest BCUT2D eigenvalue weighted by atomic mass is 10.2. The van der Waals surface area contributed by atoms with E-state index in [0.29, 0.717) is 16.4 Å². The lowest BCUT2D eigenvalue weighted by Gasteiger charge is -2.13. The van der Waals surface area contributed by atoms with E-state index in [1.54, 1.807) is 31.2 Å². The summed E-state index contributed by atoms with van der Waals surface area (Å²) in [6.45, 7) is 7.63. The predicted octanol–water partition coefficient (Wildman–Crippen LogP) is 2.62. The molecule has 0 aliphatic heterocycles. The highest BCUT2D eigenvalue weighted by atomic mass is 32.2. The Balaban J connectivity index is 2.03. The molecule has 0 bridgehead atoms. The number of primary amides is 1. The van der Waals surface area contributed by atoms with Crippen molar-refractivity contribution < 1.29 is 9.59 Å². The summed E-state index contributed by atoms with van der Waals surface area (Å²) in [7, 11) is 0. The summed E-state index contributed by atoms with van der Waals surface area (Å²) in [6.07, 6.45) is 0. The molecule has 1 heterocycles. The van der Waals surface area contributed by atoms with E-state index in [-0.39, 0.29) is 11.2 Å². The largest absolute Gasteiger partial charge is 0.366 e. The number of rotatable bonds is 5. The topological polar surface area (TPSA) is 98.0 Å². The molecule has 24 heavy (non-hydrogen) atoms. The van der Waals surface area contributed by atoms with E-state index in [0.717, 1.165) is 17.0 Å². The van der Waals surface area contributed by atoms with Crippen molar-refractivity contribution in [3.8, 4) is 0 Å². The average molecular weight is 344 g/mol. The van der Waals surface area contributed by atoms with Crippen molar-refractivity contribution in [1.82, 2.24) is 9.97 Å². The second kappa shape index (κ2) is 7.44. The second-order valence-electron chi connectivity index (χ2n) is 5.49. The molecule has 1 atom stereocenters. The molecule has 3 N–H and O–H groups in total. The maximum Gasteiger partial charge on any atom is 0.248 e. The van der Waals surface area contributed by atoms with Gasteiger partial charge in [0.05, 0.1) is 5.25 Å². The van der Waals surface area contributed by atoms with Crippen LogP contribution in [0.15, 0.2) is 29.4 Å². The highest BCUT2D eigenvalue weighted by molar-refractivity contribution is 8.00. The SMILES string of the molecule is Cc1nc(S[C@@H](C)C(=O)Nc2ccc(C(N)=O)cc2)nc(C)c1C. The molecule has 0 unspecified atom stereocenters. The number of nitrogens with two attached hydrogens (primary N) is 1. The third-order valence-electron chi connectivity index (χ3n) is 3.70. The monoisotopic (exact) mass is 344 g/mol. The van der Waals surface area contributed by atoms with E-state index >= 15 is 0 Å². The molecule has 2 amide bonds. The van der Waals surface area contributed by atoms with Gasteiger partial charge in [-0.3, -0.25) is 9.59 Å². The Kier molecular flexibility index (Phi) is 5.56. The van der Waals surface area contributed by atoms with E-state index in [1.165, 1.54) is 11.8 Å². The Labute approximate surface area is 145 Å². The molecule has 7 heteroatoms. The van der Waals surface area contributed by atoms with Gasteiger partial charge in [0.25, 0.3) is 0 Å². The van der Waals surface area contributed by atoms with Crippen LogP contribution >= 0.6 is 11.8 Å². The second-order valence-corrected chi connectivity index (χ2v) is 6.80. The first-order valence-electron chi connectivity index (χ1n) is 7.47. The summed E-state index contributed by atoms with van der Waals surface area (Å²) >= 11 is 1.31. The van der Waals surface area contributed by atoms with Gasteiger partial charge in [-0.2, -0.15) is 0 Å². The summed E-state index contributed by atoms with van der Waals surface area (Å²) in [5, 5.41) is 3.03. The molecular weight excluding hydrogens is 324 g/mol. The van der Waals surface area contributed by atoms with Gasteiger partial charge < -0.3 is 11.1 Å². The van der Waals surface area contributed by atoms with Gasteiger partial charge in [0.15, 0.2) is 5.16 Å². The van der Waals surface area contributed by atoms with Gasteiger partial charge >= 0.3 is 0 Å². The van der Waals surface area contributed by atoms with Crippen LogP contribution in [0, 0.1) is 20.8 Å². The van der Waals surface area contributed by atoms with Crippen LogP contribution in [0.5, 0.6) is 0 Å². The molecule has 0 aliphatic rings. The Morgan fingerprint density at radius 1 is 1.08 bits per heavy atom. The van der Waals surface area contributed by atoms with Crippen LogP contribution in [0.3, 0.4) is 0 Å². The van der Waals surface area contributed by atoms with E-state index < -0.39 is 5.91 Å². The third-order valence-corrected chi connectivity index (χ3v) is 4.66. The first kappa shape index (κ1) is 17.9. The summed E-state index contributed by atoms with van der Waals surface area (Å²) in [6, 6.07) is 6.44. The standard InChI is InChI=1S/C17H20N4O2S/c1-9-10(2)19-17(20-11(9)3)24-12(4)16(23)21-14-7-5-13(6-8-14)15(18)22/h5-8,12H,1-4H3,(H2,18,22)(H,21,23)/t12-/m0/s1. The molecule has 0 aliphatic carbocycles. The number of carbonyl (C=O) groups excluding carboxylic acids is 2. The van der Waals surface area contributed by atoms with Gasteiger partial charge in [-0.25, -0.2) is 9.97 Å². The predicted molar refractivity (Wildman–Crippen MR) is 95.2 cm³/mol. The van der Waals surface area contributed by atoms with Crippen molar-refractivity contribution in [3.05, 3.63) is 46.8 Å². The summed E-state index contributed by atoms with van der Waals surface area (Å²) < 4.78 is 0. The van der Waals surface area contributed by atoms with Crippen molar-refractivity contribution >= 4 is 29.3 Å². The lowest BCUT2D eigenvalue weighted by Crippen LogP contribution is -2.23. The van der Waals surface area contributed by atoms with Crippen LogP contribution in [-0.4, -0.2) is 27.0 Å². The molecule has 0 saturated heterocycles. The number of nitrogens with one attached hydrogen (secondary N) is 1. The Morgan fingerprint density at radius 3 is 2.12 bits per heavy atom. The van der Waals surface area contributed by atoms with Crippen molar-refractivity contribution in [2.24, 2.45) is 5.73 Å². The van der Waals surface area contributed by atoms with Crippen molar-refractivity contribution in [3.63, 3.8) is 0 Å². The minimum Gasteiger partial charge on any atom is -0.366 e.